The number of aromatic nitrogens is 4. The number of nitrogens with zero attached hydrogens (tertiary/aromatic N) is 4. The fourth-order valence-corrected chi connectivity index (χ4v) is 3.64. The third-order valence-electron chi connectivity index (χ3n) is 3.97. The molecule has 0 aliphatic carbocycles. The van der Waals surface area contributed by atoms with Crippen molar-refractivity contribution in [3.8, 4) is 5.75 Å². The molecule has 0 saturated carbocycles. The molecule has 3 aromatic rings. The molecular formula is C17H19ClN6O2S. The van der Waals surface area contributed by atoms with Crippen molar-refractivity contribution >= 4 is 46.6 Å². The quantitative estimate of drug-likeness (QED) is 0.606. The second-order valence-corrected chi connectivity index (χ2v) is 7.09. The van der Waals surface area contributed by atoms with Crippen molar-refractivity contribution in [1.82, 2.24) is 19.6 Å². The van der Waals surface area contributed by atoms with Gasteiger partial charge < -0.3 is 15.8 Å². The lowest BCUT2D eigenvalue weighted by Crippen LogP contribution is -2.15. The van der Waals surface area contributed by atoms with Crippen LogP contribution in [0.2, 0.25) is 5.02 Å². The van der Waals surface area contributed by atoms with Gasteiger partial charge in [-0.25, -0.2) is 9.38 Å². The summed E-state index contributed by atoms with van der Waals surface area (Å²) in [6.07, 6.45) is 0.764. The Morgan fingerprint density at radius 2 is 2.19 bits per heavy atom. The van der Waals surface area contributed by atoms with Gasteiger partial charge in [0.25, 0.3) is 0 Å². The Hall–Kier alpha value is -2.52. The highest BCUT2D eigenvalue weighted by atomic mass is 35.5. The lowest BCUT2D eigenvalue weighted by molar-refractivity contribution is -0.113. The smallest absolute Gasteiger partial charge is 0.234 e. The van der Waals surface area contributed by atoms with E-state index in [4.69, 9.17) is 22.1 Å². The summed E-state index contributed by atoms with van der Waals surface area (Å²) < 4.78 is 6.90. The Morgan fingerprint density at radius 1 is 1.41 bits per heavy atom. The third kappa shape index (κ3) is 3.93. The molecule has 0 unspecified atom stereocenters. The zero-order chi connectivity index (χ0) is 19.6. The van der Waals surface area contributed by atoms with Crippen LogP contribution in [0.4, 0.5) is 11.6 Å². The average Bonchev–Trinajstić information content (AvgIpc) is 3.05. The number of halogens is 1. The Balaban J connectivity index is 1.77. The lowest BCUT2D eigenvalue weighted by atomic mass is 10.2. The first-order valence-corrected chi connectivity index (χ1v) is 9.57. The standard InChI is InChI=1S/C17H19ClN6O2S/c1-4-11-9(2)20-16(19)24-15(11)22-23-17(24)27-8-14(25)21-12-7-10(18)5-6-13(12)26-3/h5-7H,4,8H2,1-3H3,(H2,19,20)(H,21,25). The number of anilines is 2. The molecule has 1 amide bonds. The van der Waals surface area contributed by atoms with Crippen molar-refractivity contribution in [3.63, 3.8) is 0 Å². The van der Waals surface area contributed by atoms with Crippen molar-refractivity contribution in [2.24, 2.45) is 0 Å². The molecule has 27 heavy (non-hydrogen) atoms. The van der Waals surface area contributed by atoms with Crippen LogP contribution in [0.25, 0.3) is 5.65 Å². The van der Waals surface area contributed by atoms with E-state index in [-0.39, 0.29) is 11.7 Å². The molecule has 0 atom stereocenters. The maximum atomic E-state index is 12.4. The summed E-state index contributed by atoms with van der Waals surface area (Å²) in [5, 5.41) is 12.2. The maximum Gasteiger partial charge on any atom is 0.234 e. The van der Waals surface area contributed by atoms with Gasteiger partial charge in [0.15, 0.2) is 10.8 Å². The normalized spacial score (nSPS) is 11.0. The third-order valence-corrected chi connectivity index (χ3v) is 5.14. The number of hydrogen-bond acceptors (Lipinski definition) is 7. The number of amides is 1. The van der Waals surface area contributed by atoms with Crippen LogP contribution in [0.3, 0.4) is 0 Å². The number of benzene rings is 1. The number of nitrogens with one attached hydrogen (secondary N) is 1. The van der Waals surface area contributed by atoms with Gasteiger partial charge in [-0.2, -0.15) is 0 Å². The molecule has 0 fully saturated rings. The summed E-state index contributed by atoms with van der Waals surface area (Å²) in [5.41, 5.74) is 9.03. The van der Waals surface area contributed by atoms with E-state index in [2.05, 4.69) is 20.5 Å². The molecule has 0 aliphatic rings. The van der Waals surface area contributed by atoms with E-state index in [1.807, 2.05) is 13.8 Å². The zero-order valence-corrected chi connectivity index (χ0v) is 16.7. The van der Waals surface area contributed by atoms with E-state index in [0.717, 1.165) is 17.7 Å². The van der Waals surface area contributed by atoms with Crippen LogP contribution in [-0.2, 0) is 11.2 Å². The van der Waals surface area contributed by atoms with Crippen molar-refractivity contribution in [2.75, 3.05) is 23.9 Å². The van der Waals surface area contributed by atoms with Crippen molar-refractivity contribution in [1.29, 1.82) is 0 Å². The Bertz CT molecular complexity index is 1010. The van der Waals surface area contributed by atoms with E-state index >= 15 is 0 Å². The molecule has 10 heteroatoms. The second-order valence-electron chi connectivity index (χ2n) is 5.71. The van der Waals surface area contributed by atoms with E-state index in [0.29, 0.717) is 33.2 Å². The number of ether oxygens (including phenoxy) is 1. The number of methoxy groups -OCH3 is 1. The summed E-state index contributed by atoms with van der Waals surface area (Å²) >= 11 is 7.21. The monoisotopic (exact) mass is 406 g/mol. The number of aryl methyl sites for hydroxylation is 2. The molecular weight excluding hydrogens is 388 g/mol. The molecule has 0 radical (unpaired) electrons. The van der Waals surface area contributed by atoms with Crippen LogP contribution in [0.5, 0.6) is 5.75 Å². The Morgan fingerprint density at radius 3 is 2.89 bits per heavy atom. The largest absolute Gasteiger partial charge is 0.495 e. The van der Waals surface area contributed by atoms with E-state index in [9.17, 15) is 4.79 Å². The summed E-state index contributed by atoms with van der Waals surface area (Å²) in [7, 11) is 1.53. The minimum absolute atomic E-state index is 0.116. The number of carbonyl (C=O) groups excluding carboxylic acids is 1. The van der Waals surface area contributed by atoms with Crippen molar-refractivity contribution < 1.29 is 9.53 Å². The first-order chi connectivity index (χ1) is 12.9. The SMILES string of the molecule is CCc1c(C)nc(N)n2c(SCC(=O)Nc3cc(Cl)ccc3OC)nnc12. The zero-order valence-electron chi connectivity index (χ0n) is 15.1. The summed E-state index contributed by atoms with van der Waals surface area (Å²) in [6, 6.07) is 5.02. The van der Waals surface area contributed by atoms with Gasteiger partial charge in [-0.1, -0.05) is 30.3 Å². The average molecular weight is 407 g/mol. The van der Waals surface area contributed by atoms with E-state index in [1.54, 1.807) is 22.6 Å². The Labute approximate surface area is 165 Å². The number of carbonyl (C=O) groups is 1. The predicted molar refractivity (Wildman–Crippen MR) is 107 cm³/mol. The topological polar surface area (TPSA) is 107 Å². The molecule has 8 nitrogen and oxygen atoms in total. The van der Waals surface area contributed by atoms with Crippen molar-refractivity contribution in [2.45, 2.75) is 25.4 Å². The van der Waals surface area contributed by atoms with Gasteiger partial charge >= 0.3 is 0 Å². The molecule has 3 N–H and O–H groups in total. The van der Waals surface area contributed by atoms with E-state index in [1.165, 1.54) is 18.9 Å². The molecule has 3 rings (SSSR count). The highest BCUT2D eigenvalue weighted by molar-refractivity contribution is 7.99. The number of rotatable bonds is 6. The van der Waals surface area contributed by atoms with Gasteiger partial charge in [-0.3, -0.25) is 4.79 Å². The number of nitrogens with two attached hydrogens (primary N) is 1. The fourth-order valence-electron chi connectivity index (χ4n) is 2.72. The molecule has 0 aliphatic heterocycles. The van der Waals surface area contributed by atoms with Crippen LogP contribution < -0.4 is 15.8 Å². The molecule has 2 heterocycles. The molecule has 0 spiro atoms. The molecule has 142 valence electrons. The highest BCUT2D eigenvalue weighted by Crippen LogP contribution is 2.28. The molecule has 1 aromatic carbocycles. The minimum atomic E-state index is -0.230. The van der Waals surface area contributed by atoms with Gasteiger partial charge in [0, 0.05) is 16.3 Å². The number of nitrogen functional groups attached to an aromatic ring is 1. The molecule has 0 saturated heterocycles. The number of thioether (sulfide) groups is 1. The number of fused-ring (bicyclic) bond motifs is 1. The predicted octanol–water partition coefficient (Wildman–Crippen LogP) is 2.97. The summed E-state index contributed by atoms with van der Waals surface area (Å²) in [6.45, 7) is 3.91. The molecule has 2 aromatic heterocycles. The van der Waals surface area contributed by atoms with Crippen LogP contribution in [0, 0.1) is 6.92 Å². The highest BCUT2D eigenvalue weighted by Gasteiger charge is 2.17. The van der Waals surface area contributed by atoms with Gasteiger partial charge in [-0.05, 0) is 31.5 Å². The summed E-state index contributed by atoms with van der Waals surface area (Å²) in [5.74, 6) is 0.712. The van der Waals surface area contributed by atoms with Crippen LogP contribution in [0.15, 0.2) is 23.4 Å². The minimum Gasteiger partial charge on any atom is -0.495 e. The Kier molecular flexibility index (Phi) is 5.71. The van der Waals surface area contributed by atoms with Gasteiger partial charge in [0.1, 0.15) is 5.75 Å². The fraction of sp³-hybridized carbons (Fsp3) is 0.294. The van der Waals surface area contributed by atoms with E-state index < -0.39 is 0 Å². The van der Waals surface area contributed by atoms with Crippen molar-refractivity contribution in [3.05, 3.63) is 34.5 Å². The van der Waals surface area contributed by atoms with Crippen LogP contribution in [-0.4, -0.2) is 38.4 Å². The van der Waals surface area contributed by atoms with Gasteiger partial charge in [0.05, 0.1) is 18.6 Å². The first-order valence-electron chi connectivity index (χ1n) is 8.20. The number of hydrogen-bond donors (Lipinski definition) is 2. The summed E-state index contributed by atoms with van der Waals surface area (Å²) in [4.78, 5) is 16.7. The molecule has 0 bridgehead atoms. The lowest BCUT2D eigenvalue weighted by Gasteiger charge is -2.10. The van der Waals surface area contributed by atoms with Gasteiger partial charge in [0.2, 0.25) is 11.9 Å². The van der Waals surface area contributed by atoms with Crippen LogP contribution in [0.1, 0.15) is 18.2 Å². The first kappa shape index (κ1) is 19.2. The second kappa shape index (κ2) is 8.01. The van der Waals surface area contributed by atoms with Crippen LogP contribution >= 0.6 is 23.4 Å². The maximum absolute atomic E-state index is 12.4. The van der Waals surface area contributed by atoms with Gasteiger partial charge in [-0.15, -0.1) is 10.2 Å².